The van der Waals surface area contributed by atoms with E-state index in [9.17, 15) is 14.4 Å². The standard InChI is InChI=1S/C22H33N3O4/c1-16(2)25(14-18-10-8-7-9-11-18)20(27)19-15-23(17(3)26)12-13-24(19)21(28)29-22(4,5)6/h7-11,16,19H,12-15H2,1-6H3. The van der Waals surface area contributed by atoms with Gasteiger partial charge in [-0.15, -0.1) is 0 Å². The van der Waals surface area contributed by atoms with Gasteiger partial charge in [0.15, 0.2) is 0 Å². The van der Waals surface area contributed by atoms with Crippen LogP contribution < -0.4 is 0 Å². The Bertz CT molecular complexity index is 727. The minimum absolute atomic E-state index is 0.0594. The van der Waals surface area contributed by atoms with Crippen molar-refractivity contribution in [3.8, 4) is 0 Å². The van der Waals surface area contributed by atoms with Gasteiger partial charge >= 0.3 is 6.09 Å². The zero-order valence-electron chi connectivity index (χ0n) is 18.3. The molecule has 0 spiro atoms. The summed E-state index contributed by atoms with van der Waals surface area (Å²) in [6, 6.07) is 8.91. The number of carbonyl (C=O) groups is 3. The van der Waals surface area contributed by atoms with E-state index in [1.165, 1.54) is 11.8 Å². The quantitative estimate of drug-likeness (QED) is 0.775. The van der Waals surface area contributed by atoms with E-state index < -0.39 is 17.7 Å². The van der Waals surface area contributed by atoms with Crippen molar-refractivity contribution in [2.24, 2.45) is 0 Å². The average molecular weight is 404 g/mol. The molecule has 2 rings (SSSR count). The Morgan fingerprint density at radius 3 is 2.28 bits per heavy atom. The molecule has 29 heavy (non-hydrogen) atoms. The predicted octanol–water partition coefficient (Wildman–Crippen LogP) is 2.89. The zero-order valence-corrected chi connectivity index (χ0v) is 18.3. The molecule has 1 aromatic carbocycles. The lowest BCUT2D eigenvalue weighted by atomic mass is 10.1. The Morgan fingerprint density at radius 2 is 1.76 bits per heavy atom. The number of benzene rings is 1. The molecule has 0 N–H and O–H groups in total. The highest BCUT2D eigenvalue weighted by Crippen LogP contribution is 2.20. The van der Waals surface area contributed by atoms with E-state index >= 15 is 0 Å². The van der Waals surface area contributed by atoms with Crippen LogP contribution in [0.2, 0.25) is 0 Å². The summed E-state index contributed by atoms with van der Waals surface area (Å²) in [7, 11) is 0. The Balaban J connectivity index is 2.29. The third-order valence-electron chi connectivity index (χ3n) is 4.84. The molecule has 3 amide bonds. The van der Waals surface area contributed by atoms with Gasteiger partial charge in [-0.1, -0.05) is 30.3 Å². The first-order valence-electron chi connectivity index (χ1n) is 10.1. The van der Waals surface area contributed by atoms with Crippen LogP contribution in [0.1, 0.15) is 47.1 Å². The molecule has 0 aromatic heterocycles. The number of nitrogens with zero attached hydrogens (tertiary/aromatic N) is 3. The van der Waals surface area contributed by atoms with Crippen LogP contribution in [0.3, 0.4) is 0 Å². The Hall–Kier alpha value is -2.57. The summed E-state index contributed by atoms with van der Waals surface area (Å²) in [5.74, 6) is -0.286. The molecule has 0 radical (unpaired) electrons. The van der Waals surface area contributed by atoms with E-state index in [0.29, 0.717) is 13.1 Å². The maximum absolute atomic E-state index is 13.5. The van der Waals surface area contributed by atoms with E-state index in [2.05, 4.69) is 0 Å². The highest BCUT2D eigenvalue weighted by atomic mass is 16.6. The van der Waals surface area contributed by atoms with Gasteiger partial charge in [0, 0.05) is 32.6 Å². The van der Waals surface area contributed by atoms with Crippen LogP contribution in [0.5, 0.6) is 0 Å². The molecule has 160 valence electrons. The van der Waals surface area contributed by atoms with Crippen molar-refractivity contribution in [2.45, 2.75) is 65.8 Å². The third-order valence-corrected chi connectivity index (χ3v) is 4.84. The summed E-state index contributed by atoms with van der Waals surface area (Å²) >= 11 is 0. The topological polar surface area (TPSA) is 70.2 Å². The first-order valence-corrected chi connectivity index (χ1v) is 10.1. The van der Waals surface area contributed by atoms with Crippen molar-refractivity contribution in [1.82, 2.24) is 14.7 Å². The first-order chi connectivity index (χ1) is 13.5. The number of rotatable bonds is 4. The van der Waals surface area contributed by atoms with Gasteiger partial charge in [0.1, 0.15) is 11.6 Å². The SMILES string of the molecule is CC(=O)N1CCN(C(=O)OC(C)(C)C)C(C(=O)N(Cc2ccccc2)C(C)C)C1. The van der Waals surface area contributed by atoms with Gasteiger partial charge < -0.3 is 14.5 Å². The summed E-state index contributed by atoms with van der Waals surface area (Å²) in [6.45, 7) is 12.0. The summed E-state index contributed by atoms with van der Waals surface area (Å²) in [5, 5.41) is 0. The molecule has 1 aliphatic heterocycles. The van der Waals surface area contributed by atoms with Crippen LogP contribution in [0.25, 0.3) is 0 Å². The lowest BCUT2D eigenvalue weighted by molar-refractivity contribution is -0.144. The Labute approximate surface area is 173 Å². The van der Waals surface area contributed by atoms with Gasteiger partial charge in [0.25, 0.3) is 0 Å². The fourth-order valence-corrected chi connectivity index (χ4v) is 3.31. The van der Waals surface area contributed by atoms with E-state index in [4.69, 9.17) is 4.74 Å². The summed E-state index contributed by atoms with van der Waals surface area (Å²) in [6.07, 6.45) is -0.525. The second-order valence-electron chi connectivity index (χ2n) is 8.70. The number of carbonyl (C=O) groups excluding carboxylic acids is 3. The smallest absolute Gasteiger partial charge is 0.411 e. The van der Waals surface area contributed by atoms with Crippen LogP contribution in [-0.2, 0) is 20.9 Å². The lowest BCUT2D eigenvalue weighted by Crippen LogP contribution is -2.62. The van der Waals surface area contributed by atoms with Crippen LogP contribution >= 0.6 is 0 Å². The summed E-state index contributed by atoms with van der Waals surface area (Å²) in [4.78, 5) is 43.1. The van der Waals surface area contributed by atoms with Crippen LogP contribution in [0.4, 0.5) is 4.79 Å². The van der Waals surface area contributed by atoms with Crippen LogP contribution in [-0.4, -0.2) is 69.9 Å². The molecule has 1 fully saturated rings. The fourth-order valence-electron chi connectivity index (χ4n) is 3.31. The van der Waals surface area contributed by atoms with Crippen molar-refractivity contribution < 1.29 is 19.1 Å². The largest absolute Gasteiger partial charge is 0.444 e. The van der Waals surface area contributed by atoms with Crippen molar-refractivity contribution in [3.63, 3.8) is 0 Å². The minimum Gasteiger partial charge on any atom is -0.444 e. The van der Waals surface area contributed by atoms with E-state index in [-0.39, 0.29) is 30.9 Å². The number of hydrogen-bond donors (Lipinski definition) is 0. The van der Waals surface area contributed by atoms with Gasteiger partial charge in [0.2, 0.25) is 11.8 Å². The summed E-state index contributed by atoms with van der Waals surface area (Å²) in [5.41, 5.74) is 0.349. The van der Waals surface area contributed by atoms with Crippen molar-refractivity contribution in [1.29, 1.82) is 0 Å². The number of amides is 3. The molecule has 7 nitrogen and oxygen atoms in total. The van der Waals surface area contributed by atoms with E-state index in [1.54, 1.807) is 30.6 Å². The lowest BCUT2D eigenvalue weighted by Gasteiger charge is -2.43. The monoisotopic (exact) mass is 403 g/mol. The second-order valence-corrected chi connectivity index (χ2v) is 8.70. The molecule has 0 aliphatic carbocycles. The number of piperazine rings is 1. The van der Waals surface area contributed by atoms with Gasteiger partial charge in [-0.3, -0.25) is 14.5 Å². The molecule has 1 saturated heterocycles. The third kappa shape index (κ3) is 6.21. The molecule has 1 aliphatic rings. The average Bonchev–Trinajstić information content (AvgIpc) is 2.64. The number of ether oxygens (including phenoxy) is 1. The van der Waals surface area contributed by atoms with Crippen LogP contribution in [0.15, 0.2) is 30.3 Å². The maximum Gasteiger partial charge on any atom is 0.411 e. The highest BCUT2D eigenvalue weighted by Gasteiger charge is 2.40. The zero-order chi connectivity index (χ0) is 21.8. The van der Waals surface area contributed by atoms with Crippen molar-refractivity contribution in [3.05, 3.63) is 35.9 Å². The first kappa shape index (κ1) is 22.7. The number of hydrogen-bond acceptors (Lipinski definition) is 4. The van der Waals surface area contributed by atoms with Gasteiger partial charge in [-0.05, 0) is 40.2 Å². The molecule has 0 saturated carbocycles. The molecular formula is C22H33N3O4. The predicted molar refractivity (Wildman–Crippen MR) is 111 cm³/mol. The van der Waals surface area contributed by atoms with Crippen molar-refractivity contribution in [2.75, 3.05) is 19.6 Å². The van der Waals surface area contributed by atoms with Crippen molar-refractivity contribution >= 4 is 17.9 Å². The van der Waals surface area contributed by atoms with E-state index in [1.807, 2.05) is 44.2 Å². The minimum atomic E-state index is -0.770. The molecule has 0 bridgehead atoms. The van der Waals surface area contributed by atoms with Gasteiger partial charge in [-0.2, -0.15) is 0 Å². The van der Waals surface area contributed by atoms with Crippen LogP contribution in [0, 0.1) is 0 Å². The molecule has 1 unspecified atom stereocenters. The van der Waals surface area contributed by atoms with E-state index in [0.717, 1.165) is 5.56 Å². The Kier molecular flexibility index (Phi) is 7.27. The summed E-state index contributed by atoms with van der Waals surface area (Å²) < 4.78 is 5.52. The Morgan fingerprint density at radius 1 is 1.14 bits per heavy atom. The highest BCUT2D eigenvalue weighted by molar-refractivity contribution is 5.87. The second kappa shape index (κ2) is 9.29. The molecule has 1 aromatic rings. The fraction of sp³-hybridized carbons (Fsp3) is 0.591. The molecular weight excluding hydrogens is 370 g/mol. The molecule has 7 heteroatoms. The molecule has 1 heterocycles. The maximum atomic E-state index is 13.5. The normalized spacial score (nSPS) is 17.3. The van der Waals surface area contributed by atoms with Gasteiger partial charge in [0.05, 0.1) is 6.54 Å². The van der Waals surface area contributed by atoms with Gasteiger partial charge in [-0.25, -0.2) is 4.79 Å². The molecule has 1 atom stereocenters.